The lowest BCUT2D eigenvalue weighted by molar-refractivity contribution is -0.119. The highest BCUT2D eigenvalue weighted by molar-refractivity contribution is 7.98. The van der Waals surface area contributed by atoms with Crippen molar-refractivity contribution in [3.05, 3.63) is 63.1 Å². The summed E-state index contributed by atoms with van der Waals surface area (Å²) >= 11 is 13.9. The number of amides is 1. The predicted molar refractivity (Wildman–Crippen MR) is 124 cm³/mol. The van der Waals surface area contributed by atoms with E-state index >= 15 is 0 Å². The number of nitrogens with one attached hydrogen (secondary N) is 1. The van der Waals surface area contributed by atoms with Gasteiger partial charge in [0.05, 0.1) is 11.9 Å². The second kappa shape index (κ2) is 10.6. The van der Waals surface area contributed by atoms with Gasteiger partial charge in [0.1, 0.15) is 6.54 Å². The van der Waals surface area contributed by atoms with E-state index in [1.807, 2.05) is 32.0 Å². The van der Waals surface area contributed by atoms with Gasteiger partial charge in [0.2, 0.25) is 15.9 Å². The number of rotatable bonds is 9. The summed E-state index contributed by atoms with van der Waals surface area (Å²) in [6, 6.07) is 10.9. The Morgan fingerprint density at radius 2 is 1.62 bits per heavy atom. The number of sulfonamides is 1. The van der Waals surface area contributed by atoms with Crippen LogP contribution in [0.25, 0.3) is 0 Å². The minimum atomic E-state index is -3.60. The van der Waals surface area contributed by atoms with E-state index in [1.165, 1.54) is 0 Å². The molecule has 5 nitrogen and oxygen atoms in total. The van der Waals surface area contributed by atoms with Crippen LogP contribution in [-0.4, -0.2) is 39.4 Å². The number of benzene rings is 2. The Bertz CT molecular complexity index is 941. The van der Waals surface area contributed by atoms with Crippen LogP contribution in [-0.2, 0) is 20.6 Å². The second-order valence-electron chi connectivity index (χ2n) is 6.61. The Hall–Kier alpha value is -1.41. The normalized spacial score (nSPS) is 11.3. The van der Waals surface area contributed by atoms with Gasteiger partial charge in [-0.15, -0.1) is 0 Å². The van der Waals surface area contributed by atoms with E-state index in [-0.39, 0.29) is 12.5 Å². The maximum absolute atomic E-state index is 12.4. The van der Waals surface area contributed by atoms with Crippen LogP contribution in [0.15, 0.2) is 36.4 Å². The van der Waals surface area contributed by atoms with Crippen LogP contribution in [0, 0.1) is 13.8 Å². The molecule has 2 aromatic rings. The van der Waals surface area contributed by atoms with Crippen LogP contribution in [0.5, 0.6) is 0 Å². The minimum absolute atomic E-state index is 0.258. The molecule has 0 unspecified atom stereocenters. The lowest BCUT2D eigenvalue weighted by Gasteiger charge is -2.25. The number of nitrogens with zero attached hydrogens (tertiary/aromatic N) is 1. The lowest BCUT2D eigenvalue weighted by atomic mass is 10.1. The van der Waals surface area contributed by atoms with Crippen molar-refractivity contribution >= 4 is 56.6 Å². The van der Waals surface area contributed by atoms with Crippen LogP contribution < -0.4 is 9.62 Å². The van der Waals surface area contributed by atoms with Crippen molar-refractivity contribution in [1.82, 2.24) is 5.32 Å². The molecule has 0 spiro atoms. The van der Waals surface area contributed by atoms with E-state index in [0.29, 0.717) is 33.8 Å². The van der Waals surface area contributed by atoms with Gasteiger partial charge in [-0.05, 0) is 42.7 Å². The number of aryl methyl sites for hydroxylation is 2. The van der Waals surface area contributed by atoms with Gasteiger partial charge in [0, 0.05) is 28.1 Å². The number of halogens is 2. The summed E-state index contributed by atoms with van der Waals surface area (Å²) in [5.41, 5.74) is 3.02. The molecule has 0 atom stereocenters. The molecular weight excluding hydrogens is 451 g/mol. The summed E-state index contributed by atoms with van der Waals surface area (Å²) in [4.78, 5) is 12.4. The number of carbonyl (C=O) groups is 1. The fourth-order valence-electron chi connectivity index (χ4n) is 2.85. The fraction of sp³-hybridized carbons (Fsp3) is 0.350. The number of para-hydroxylation sites is 1. The zero-order valence-electron chi connectivity index (χ0n) is 16.5. The summed E-state index contributed by atoms with van der Waals surface area (Å²) < 4.78 is 25.7. The summed E-state index contributed by atoms with van der Waals surface area (Å²) in [5.74, 6) is 0.927. The lowest BCUT2D eigenvalue weighted by Crippen LogP contribution is -2.41. The molecule has 9 heteroatoms. The Morgan fingerprint density at radius 3 is 2.17 bits per heavy atom. The summed E-state index contributed by atoms with van der Waals surface area (Å²) in [6.45, 7) is 3.81. The molecule has 0 saturated carbocycles. The second-order valence-corrected chi connectivity index (χ2v) is 10.4. The van der Waals surface area contributed by atoms with Crippen molar-refractivity contribution in [2.45, 2.75) is 19.6 Å². The molecule has 2 rings (SSSR count). The van der Waals surface area contributed by atoms with E-state index < -0.39 is 10.0 Å². The molecule has 0 fully saturated rings. The smallest absolute Gasteiger partial charge is 0.240 e. The molecule has 0 aromatic heterocycles. The Morgan fingerprint density at radius 1 is 1.07 bits per heavy atom. The Kier molecular flexibility index (Phi) is 8.70. The van der Waals surface area contributed by atoms with E-state index in [2.05, 4.69) is 5.32 Å². The molecule has 0 aliphatic heterocycles. The van der Waals surface area contributed by atoms with Gasteiger partial charge in [-0.25, -0.2) is 8.42 Å². The first-order valence-corrected chi connectivity index (χ1v) is 12.7. The maximum Gasteiger partial charge on any atom is 0.240 e. The fourth-order valence-corrected chi connectivity index (χ4v) is 5.42. The molecule has 1 amide bonds. The molecule has 1 N–H and O–H groups in total. The van der Waals surface area contributed by atoms with Crippen LogP contribution in [0.1, 0.15) is 16.7 Å². The van der Waals surface area contributed by atoms with Gasteiger partial charge >= 0.3 is 0 Å². The third kappa shape index (κ3) is 6.81. The summed E-state index contributed by atoms with van der Waals surface area (Å²) in [7, 11) is -3.60. The molecule has 0 aliphatic carbocycles. The highest BCUT2D eigenvalue weighted by Gasteiger charge is 2.23. The first kappa shape index (κ1) is 23.9. The summed E-state index contributed by atoms with van der Waals surface area (Å²) in [5, 5.41) is 4.01. The predicted octanol–water partition coefficient (Wildman–Crippen LogP) is 4.43. The first-order valence-electron chi connectivity index (χ1n) is 8.92. The molecule has 0 radical (unpaired) electrons. The van der Waals surface area contributed by atoms with Crippen molar-refractivity contribution in [3.63, 3.8) is 0 Å². The average molecular weight is 475 g/mol. The zero-order valence-corrected chi connectivity index (χ0v) is 19.7. The molecule has 0 saturated heterocycles. The Labute approximate surface area is 186 Å². The van der Waals surface area contributed by atoms with E-state index in [9.17, 15) is 13.2 Å². The highest BCUT2D eigenvalue weighted by atomic mass is 35.5. The van der Waals surface area contributed by atoms with Gasteiger partial charge < -0.3 is 5.32 Å². The highest BCUT2D eigenvalue weighted by Crippen LogP contribution is 2.28. The number of hydrogen-bond donors (Lipinski definition) is 1. The third-order valence-corrected chi connectivity index (χ3v) is 7.06. The van der Waals surface area contributed by atoms with Gasteiger partial charge in [0.25, 0.3) is 0 Å². The maximum atomic E-state index is 12.4. The molecule has 0 bridgehead atoms. The minimum Gasteiger partial charge on any atom is -0.354 e. The van der Waals surface area contributed by atoms with Crippen LogP contribution >= 0.6 is 35.0 Å². The molecule has 0 heterocycles. The van der Waals surface area contributed by atoms with Crippen molar-refractivity contribution in [3.8, 4) is 0 Å². The van der Waals surface area contributed by atoms with E-state index in [1.54, 1.807) is 30.0 Å². The molecule has 2 aromatic carbocycles. The molecule has 29 heavy (non-hydrogen) atoms. The van der Waals surface area contributed by atoms with E-state index in [4.69, 9.17) is 23.2 Å². The number of carbonyl (C=O) groups excluding carboxylic acids is 1. The van der Waals surface area contributed by atoms with Crippen molar-refractivity contribution < 1.29 is 13.2 Å². The number of thioether (sulfide) groups is 1. The SMILES string of the molecule is Cc1cccc(C)c1N(CC(=O)NCCSCc1c(Cl)cccc1Cl)S(C)(=O)=O. The van der Waals surface area contributed by atoms with E-state index in [0.717, 1.165) is 27.3 Å². The van der Waals surface area contributed by atoms with Crippen molar-refractivity contribution in [1.29, 1.82) is 0 Å². The average Bonchev–Trinajstić information content (AvgIpc) is 2.61. The summed E-state index contributed by atoms with van der Waals surface area (Å²) in [6.07, 6.45) is 1.11. The van der Waals surface area contributed by atoms with Crippen molar-refractivity contribution in [2.75, 3.05) is 29.4 Å². The quantitative estimate of drug-likeness (QED) is 0.545. The molecule has 0 aliphatic rings. The third-order valence-electron chi connectivity index (χ3n) is 4.25. The molecular formula is C20H24Cl2N2O3S2. The Balaban J connectivity index is 1.91. The van der Waals surface area contributed by atoms with Crippen LogP contribution in [0.3, 0.4) is 0 Å². The van der Waals surface area contributed by atoms with Gasteiger partial charge in [0.15, 0.2) is 0 Å². The van der Waals surface area contributed by atoms with Crippen molar-refractivity contribution in [2.24, 2.45) is 0 Å². The van der Waals surface area contributed by atoms with Gasteiger partial charge in [-0.2, -0.15) is 11.8 Å². The van der Waals surface area contributed by atoms with Crippen LogP contribution in [0.4, 0.5) is 5.69 Å². The molecule has 158 valence electrons. The standard InChI is InChI=1S/C20H24Cl2N2O3S2/c1-14-6-4-7-15(2)20(14)24(29(3,26)27)12-19(25)23-10-11-28-13-16-17(21)8-5-9-18(16)22/h4-9H,10-13H2,1-3H3,(H,23,25). The zero-order chi connectivity index (χ0) is 21.6. The number of anilines is 1. The van der Waals surface area contributed by atoms with Crippen LogP contribution in [0.2, 0.25) is 10.0 Å². The van der Waals surface area contributed by atoms with Gasteiger partial charge in [-0.1, -0.05) is 47.5 Å². The first-order chi connectivity index (χ1) is 13.6. The monoisotopic (exact) mass is 474 g/mol. The van der Waals surface area contributed by atoms with Gasteiger partial charge in [-0.3, -0.25) is 9.10 Å². The topological polar surface area (TPSA) is 66.5 Å². The number of hydrogen-bond acceptors (Lipinski definition) is 4. The largest absolute Gasteiger partial charge is 0.354 e.